The van der Waals surface area contributed by atoms with Crippen molar-refractivity contribution >= 4 is 17.9 Å². The quantitative estimate of drug-likeness (QED) is 0.0416. The van der Waals surface area contributed by atoms with E-state index in [1.165, 1.54) is 0 Å². The molecule has 420 valence electrons. The number of ether oxygens (including phenoxy) is 11. The summed E-state index contributed by atoms with van der Waals surface area (Å²) in [6.07, 6.45) is -12.7. The monoisotopic (exact) mass is 1100 g/mol. The van der Waals surface area contributed by atoms with E-state index in [0.29, 0.717) is 5.75 Å². The van der Waals surface area contributed by atoms with Crippen LogP contribution in [0.15, 0.2) is 237 Å². The van der Waals surface area contributed by atoms with Crippen molar-refractivity contribution in [2.75, 3.05) is 13.2 Å². The average molecular weight is 1110 g/mol. The van der Waals surface area contributed by atoms with E-state index < -0.39 is 85.9 Å². The third kappa shape index (κ3) is 15.6. The third-order valence-corrected chi connectivity index (χ3v) is 13.9. The first kappa shape index (κ1) is 56.9. The van der Waals surface area contributed by atoms with Crippen molar-refractivity contribution in [3.05, 3.63) is 281 Å². The molecule has 2 saturated heterocycles. The topological polar surface area (TPSA) is 153 Å². The summed E-state index contributed by atoms with van der Waals surface area (Å²) in [6.45, 7) is 2.04. The Morgan fingerprint density at radius 3 is 1.24 bits per heavy atom. The number of hydrogen-bond donors (Lipinski definition) is 0. The Bertz CT molecular complexity index is 3200. The molecule has 14 heteroatoms. The van der Waals surface area contributed by atoms with Gasteiger partial charge in [0.05, 0.1) is 49.7 Å². The van der Waals surface area contributed by atoms with Gasteiger partial charge in [-0.25, -0.2) is 14.4 Å². The second-order valence-electron chi connectivity index (χ2n) is 19.8. The van der Waals surface area contributed by atoms with Crippen molar-refractivity contribution < 1.29 is 66.5 Å². The summed E-state index contributed by atoms with van der Waals surface area (Å²) in [5, 5.41) is 0. The summed E-state index contributed by atoms with van der Waals surface area (Å²) in [6, 6.07) is 71.3. The molecule has 0 aromatic heterocycles. The van der Waals surface area contributed by atoms with E-state index in [-0.39, 0.29) is 49.7 Å². The zero-order valence-electron chi connectivity index (χ0n) is 45.2. The Morgan fingerprint density at radius 2 is 0.756 bits per heavy atom. The van der Waals surface area contributed by atoms with Crippen LogP contribution in [0.4, 0.5) is 0 Å². The van der Waals surface area contributed by atoms with E-state index in [1.807, 2.05) is 140 Å². The van der Waals surface area contributed by atoms with Crippen molar-refractivity contribution in [3.8, 4) is 5.75 Å². The number of benzene rings is 8. The van der Waals surface area contributed by atoms with Crippen LogP contribution in [-0.4, -0.2) is 92.5 Å². The summed E-state index contributed by atoms with van der Waals surface area (Å²) in [7, 11) is 0. The molecule has 2 aliphatic rings. The fraction of sp³-hybridized carbons (Fsp3) is 0.250. The van der Waals surface area contributed by atoms with E-state index in [0.717, 1.165) is 27.8 Å². The molecule has 2 fully saturated rings. The molecule has 0 aliphatic carbocycles. The molecule has 14 nitrogen and oxygen atoms in total. The lowest BCUT2D eigenvalue weighted by molar-refractivity contribution is -0.364. The number of esters is 3. The predicted octanol–water partition coefficient (Wildman–Crippen LogP) is 11.5. The zero-order chi connectivity index (χ0) is 56.3. The Balaban J connectivity index is 1.10. The van der Waals surface area contributed by atoms with Crippen LogP contribution in [0, 0.1) is 6.92 Å². The van der Waals surface area contributed by atoms with E-state index in [9.17, 15) is 14.4 Å². The van der Waals surface area contributed by atoms with Crippen LogP contribution in [0.3, 0.4) is 0 Å². The fourth-order valence-corrected chi connectivity index (χ4v) is 9.64. The zero-order valence-corrected chi connectivity index (χ0v) is 45.2. The van der Waals surface area contributed by atoms with Crippen LogP contribution in [-0.2, 0) is 73.8 Å². The number of rotatable bonds is 24. The third-order valence-electron chi connectivity index (χ3n) is 13.9. The van der Waals surface area contributed by atoms with Crippen molar-refractivity contribution in [3.63, 3.8) is 0 Å². The van der Waals surface area contributed by atoms with Crippen LogP contribution in [0.2, 0.25) is 0 Å². The molecule has 0 bridgehead atoms. The lowest BCUT2D eigenvalue weighted by Crippen LogP contribution is -2.67. The summed E-state index contributed by atoms with van der Waals surface area (Å²) in [5.41, 5.74) is 5.16. The van der Waals surface area contributed by atoms with Crippen molar-refractivity contribution in [2.45, 2.75) is 94.8 Å². The Kier molecular flexibility index (Phi) is 20.1. The first-order valence-electron chi connectivity index (χ1n) is 27.3. The van der Waals surface area contributed by atoms with Gasteiger partial charge in [-0.15, -0.1) is 0 Å². The minimum absolute atomic E-state index is 0.0136. The predicted molar refractivity (Wildman–Crippen MR) is 303 cm³/mol. The maximum atomic E-state index is 14.7. The number of aryl methyl sites for hydroxylation is 1. The Morgan fingerprint density at radius 1 is 0.366 bits per heavy atom. The van der Waals surface area contributed by atoms with Gasteiger partial charge < -0.3 is 52.1 Å². The molecule has 10 rings (SSSR count). The second kappa shape index (κ2) is 28.9. The largest absolute Gasteiger partial charge is 0.461 e. The molecule has 0 unspecified atom stereocenters. The van der Waals surface area contributed by atoms with Gasteiger partial charge in [0.2, 0.25) is 12.4 Å². The maximum Gasteiger partial charge on any atom is 0.338 e. The minimum atomic E-state index is -1.58. The van der Waals surface area contributed by atoms with Crippen LogP contribution in [0.5, 0.6) is 5.75 Å². The highest BCUT2D eigenvalue weighted by atomic mass is 16.8. The lowest BCUT2D eigenvalue weighted by Gasteiger charge is -2.49. The molecular formula is C68H64O14. The molecule has 8 aromatic carbocycles. The molecule has 0 amide bonds. The molecule has 0 N–H and O–H groups in total. The Labute approximate surface area is 477 Å². The van der Waals surface area contributed by atoms with E-state index in [1.54, 1.807) is 103 Å². The summed E-state index contributed by atoms with van der Waals surface area (Å²) in [5.74, 6) is -1.90. The van der Waals surface area contributed by atoms with Gasteiger partial charge in [-0.1, -0.05) is 194 Å². The molecule has 0 spiro atoms. The lowest BCUT2D eigenvalue weighted by atomic mass is 9.95. The van der Waals surface area contributed by atoms with Crippen molar-refractivity contribution in [2.24, 2.45) is 0 Å². The van der Waals surface area contributed by atoms with Gasteiger partial charge in [0.1, 0.15) is 49.0 Å². The summed E-state index contributed by atoms with van der Waals surface area (Å²) >= 11 is 0. The van der Waals surface area contributed by atoms with Crippen LogP contribution in [0.1, 0.15) is 58.9 Å². The van der Waals surface area contributed by atoms with E-state index in [4.69, 9.17) is 52.1 Å². The standard InChI is InChI=1S/C68H64O14/c1-47-37-39-55(40-38-47)77-68-63(81-66(71)54-35-21-8-22-36-54)61(80-65(70)53-33-19-7-20-34-53)59(57(79-68)46-76-64(69)52-31-17-6-18-32-52)82-67-62(75-44-51-29-15-5-16-30-51)60(74-43-50-27-13-4-14-28-50)58(73-42-49-25-11-3-12-26-49)56(78-67)45-72-41-48-23-9-2-10-24-48/h2-40,56-63,67-68H,41-46H2,1H3/t56-,57-,58+,59-,60+,61+,62-,63-,67+,68-/m1/s1. The van der Waals surface area contributed by atoms with Gasteiger partial charge in [-0.3, -0.25) is 0 Å². The molecular weight excluding hydrogens is 1040 g/mol. The first-order chi connectivity index (χ1) is 40.3. The highest BCUT2D eigenvalue weighted by Gasteiger charge is 2.57. The average Bonchev–Trinajstić information content (AvgIpc) is 3.62. The molecule has 2 heterocycles. The van der Waals surface area contributed by atoms with Gasteiger partial charge in [-0.2, -0.15) is 0 Å². The van der Waals surface area contributed by atoms with E-state index >= 15 is 0 Å². The molecule has 0 radical (unpaired) electrons. The van der Waals surface area contributed by atoms with Crippen molar-refractivity contribution in [1.29, 1.82) is 0 Å². The summed E-state index contributed by atoms with van der Waals surface area (Å²) < 4.78 is 74.8. The summed E-state index contributed by atoms with van der Waals surface area (Å²) in [4.78, 5) is 43.2. The highest BCUT2D eigenvalue weighted by Crippen LogP contribution is 2.37. The molecule has 0 saturated carbocycles. The molecule has 10 atom stereocenters. The smallest absolute Gasteiger partial charge is 0.338 e. The number of hydrogen-bond acceptors (Lipinski definition) is 14. The molecule has 2 aliphatic heterocycles. The maximum absolute atomic E-state index is 14.7. The van der Waals surface area contributed by atoms with Crippen LogP contribution < -0.4 is 4.74 Å². The van der Waals surface area contributed by atoms with Crippen molar-refractivity contribution in [1.82, 2.24) is 0 Å². The SMILES string of the molecule is Cc1ccc(O[C@@H]2O[C@H](COC(=O)c3ccccc3)[C@@H](O[C@@H]3O[C@H](COCc4ccccc4)[C@H](OCc4ccccc4)[C@H](OCc4ccccc4)[C@H]3OCc3ccccc3)[C@H](OC(=O)c3ccccc3)[C@H]2OC(=O)c2ccccc2)cc1. The number of carbonyl (C=O) groups excluding carboxylic acids is 3. The second-order valence-corrected chi connectivity index (χ2v) is 19.8. The van der Waals surface area contributed by atoms with E-state index in [2.05, 4.69) is 0 Å². The fourth-order valence-electron chi connectivity index (χ4n) is 9.64. The molecule has 8 aromatic rings. The van der Waals surface area contributed by atoms with Crippen LogP contribution in [0.25, 0.3) is 0 Å². The normalized spacial score (nSPS) is 22.3. The Hall–Kier alpha value is -8.31. The van der Waals surface area contributed by atoms with Gasteiger partial charge in [0, 0.05) is 0 Å². The van der Waals surface area contributed by atoms with Gasteiger partial charge in [0.25, 0.3) is 0 Å². The van der Waals surface area contributed by atoms with Gasteiger partial charge in [-0.05, 0) is 77.7 Å². The van der Waals surface area contributed by atoms with Gasteiger partial charge in [0.15, 0.2) is 12.4 Å². The highest BCUT2D eigenvalue weighted by molar-refractivity contribution is 5.91. The van der Waals surface area contributed by atoms with Crippen LogP contribution >= 0.6 is 0 Å². The van der Waals surface area contributed by atoms with Gasteiger partial charge >= 0.3 is 17.9 Å². The number of carbonyl (C=O) groups is 3. The first-order valence-corrected chi connectivity index (χ1v) is 27.3. The molecule has 82 heavy (non-hydrogen) atoms. The minimum Gasteiger partial charge on any atom is -0.461 e.